The second kappa shape index (κ2) is 6.13. The second-order valence-electron chi connectivity index (χ2n) is 5.99. The Bertz CT molecular complexity index is 527. The van der Waals surface area contributed by atoms with E-state index in [1.807, 2.05) is 30.3 Å². The molecule has 0 bridgehead atoms. The van der Waals surface area contributed by atoms with Gasteiger partial charge in [-0.2, -0.15) is 4.80 Å². The van der Waals surface area contributed by atoms with Crippen LogP contribution in [0.15, 0.2) is 30.3 Å². The van der Waals surface area contributed by atoms with Gasteiger partial charge >= 0.3 is 0 Å². The van der Waals surface area contributed by atoms with Crippen molar-refractivity contribution in [3.63, 3.8) is 0 Å². The van der Waals surface area contributed by atoms with Crippen LogP contribution in [0, 0.1) is 0 Å². The van der Waals surface area contributed by atoms with Crippen LogP contribution in [0.5, 0.6) is 0 Å². The molecule has 2 aromatic rings. The van der Waals surface area contributed by atoms with Crippen molar-refractivity contribution in [1.82, 2.24) is 25.5 Å². The van der Waals surface area contributed by atoms with Gasteiger partial charge in [-0.3, -0.25) is 0 Å². The van der Waals surface area contributed by atoms with Gasteiger partial charge in [-0.15, -0.1) is 10.2 Å². The quantitative estimate of drug-likeness (QED) is 0.910. The van der Waals surface area contributed by atoms with Gasteiger partial charge in [0.15, 0.2) is 0 Å². The van der Waals surface area contributed by atoms with Gasteiger partial charge in [0, 0.05) is 17.6 Å². The summed E-state index contributed by atoms with van der Waals surface area (Å²) in [5.41, 5.74) is 1.09. The van der Waals surface area contributed by atoms with Crippen LogP contribution in [0.25, 0.3) is 11.4 Å². The lowest BCUT2D eigenvalue weighted by atomic mass is 10.1. The number of nitrogens with zero attached hydrogens (tertiary/aromatic N) is 4. The summed E-state index contributed by atoms with van der Waals surface area (Å²) in [5, 5.41) is 16.4. The molecule has 20 heavy (non-hydrogen) atoms. The third-order valence-electron chi connectivity index (χ3n) is 3.13. The maximum atomic E-state index is 4.51. The molecule has 0 aliphatic heterocycles. The average Bonchev–Trinajstić information content (AvgIpc) is 2.89. The van der Waals surface area contributed by atoms with Gasteiger partial charge in [0.25, 0.3) is 0 Å². The maximum absolute atomic E-state index is 4.51. The third-order valence-corrected chi connectivity index (χ3v) is 3.13. The first-order valence-electron chi connectivity index (χ1n) is 7.09. The van der Waals surface area contributed by atoms with Gasteiger partial charge < -0.3 is 5.32 Å². The van der Waals surface area contributed by atoms with E-state index in [1.54, 1.807) is 4.80 Å². The highest BCUT2D eigenvalue weighted by Gasteiger charge is 2.17. The minimum Gasteiger partial charge on any atom is -0.310 e. The summed E-state index contributed by atoms with van der Waals surface area (Å²) in [4.78, 5) is 1.72. The van der Waals surface area contributed by atoms with Crippen molar-refractivity contribution < 1.29 is 0 Å². The molecular weight excluding hydrogens is 250 g/mol. The van der Waals surface area contributed by atoms with E-state index >= 15 is 0 Å². The van der Waals surface area contributed by atoms with Crippen LogP contribution >= 0.6 is 0 Å². The molecule has 0 fully saturated rings. The molecule has 0 aliphatic rings. The summed E-state index contributed by atoms with van der Waals surface area (Å²) in [6.07, 6.45) is 0.966. The summed E-state index contributed by atoms with van der Waals surface area (Å²) >= 11 is 0. The molecule has 1 atom stereocenters. The average molecular weight is 273 g/mol. The number of rotatable bonds is 5. The van der Waals surface area contributed by atoms with Crippen molar-refractivity contribution in [3.05, 3.63) is 30.3 Å². The van der Waals surface area contributed by atoms with Gasteiger partial charge in [0.05, 0.1) is 6.04 Å². The Morgan fingerprint density at radius 2 is 1.90 bits per heavy atom. The maximum Gasteiger partial charge on any atom is 0.204 e. The Morgan fingerprint density at radius 1 is 1.20 bits per heavy atom. The first-order valence-corrected chi connectivity index (χ1v) is 7.09. The van der Waals surface area contributed by atoms with Crippen LogP contribution in [-0.2, 0) is 0 Å². The smallest absolute Gasteiger partial charge is 0.204 e. The lowest BCUT2D eigenvalue weighted by Gasteiger charge is -2.23. The molecule has 1 N–H and O–H groups in total. The standard InChI is InChI=1S/C15H23N5/c1-5-13(11-16-15(2,3)4)20-18-14(17-19-20)12-9-7-6-8-10-12/h6-10,13,16H,5,11H2,1-4H3. The fraction of sp³-hybridized carbons (Fsp3) is 0.533. The summed E-state index contributed by atoms with van der Waals surface area (Å²) in [6, 6.07) is 10.2. The minimum absolute atomic E-state index is 0.0935. The number of hydrogen-bond acceptors (Lipinski definition) is 4. The van der Waals surface area contributed by atoms with Gasteiger partial charge in [-0.1, -0.05) is 37.3 Å². The Labute approximate surface area is 120 Å². The molecular formula is C15H23N5. The van der Waals surface area contributed by atoms with E-state index < -0.39 is 0 Å². The number of tetrazole rings is 1. The fourth-order valence-electron chi connectivity index (χ4n) is 1.90. The highest BCUT2D eigenvalue weighted by Crippen LogP contribution is 2.15. The Hall–Kier alpha value is -1.75. The van der Waals surface area contributed by atoms with Crippen molar-refractivity contribution in [2.45, 2.75) is 45.7 Å². The molecule has 0 aliphatic carbocycles. The zero-order chi connectivity index (χ0) is 14.6. The summed E-state index contributed by atoms with van der Waals surface area (Å²) in [5.74, 6) is 0.680. The van der Waals surface area contributed by atoms with Gasteiger partial charge in [0.2, 0.25) is 5.82 Å². The molecule has 5 heteroatoms. The van der Waals surface area contributed by atoms with E-state index in [1.165, 1.54) is 0 Å². The predicted molar refractivity (Wildman–Crippen MR) is 80.3 cm³/mol. The molecule has 0 spiro atoms. The molecule has 1 aromatic carbocycles. The zero-order valence-electron chi connectivity index (χ0n) is 12.7. The molecule has 5 nitrogen and oxygen atoms in total. The number of benzene rings is 1. The van der Waals surface area contributed by atoms with Crippen molar-refractivity contribution in [2.24, 2.45) is 0 Å². The number of nitrogens with one attached hydrogen (secondary N) is 1. The Kier molecular flexibility index (Phi) is 4.49. The van der Waals surface area contributed by atoms with Crippen LogP contribution < -0.4 is 5.32 Å². The monoisotopic (exact) mass is 273 g/mol. The molecule has 1 aromatic heterocycles. The highest BCUT2D eigenvalue weighted by atomic mass is 15.6. The molecule has 0 saturated carbocycles. The topological polar surface area (TPSA) is 55.6 Å². The third kappa shape index (κ3) is 3.87. The Balaban J connectivity index is 2.10. The largest absolute Gasteiger partial charge is 0.310 e. The molecule has 0 saturated heterocycles. The minimum atomic E-state index is 0.0935. The van der Waals surface area contributed by atoms with E-state index in [9.17, 15) is 0 Å². The van der Waals surface area contributed by atoms with Gasteiger partial charge in [-0.05, 0) is 32.4 Å². The molecule has 108 valence electrons. The summed E-state index contributed by atoms with van der Waals surface area (Å²) in [6.45, 7) is 9.45. The van der Waals surface area contributed by atoms with Crippen LogP contribution in [0.1, 0.15) is 40.2 Å². The number of aromatic nitrogens is 4. The summed E-state index contributed by atoms with van der Waals surface area (Å²) in [7, 11) is 0. The van der Waals surface area contributed by atoms with Gasteiger partial charge in [-0.25, -0.2) is 0 Å². The first kappa shape index (κ1) is 14.7. The number of hydrogen-bond donors (Lipinski definition) is 1. The van der Waals surface area contributed by atoms with E-state index in [0.29, 0.717) is 5.82 Å². The van der Waals surface area contributed by atoms with Crippen molar-refractivity contribution in [3.8, 4) is 11.4 Å². The molecule has 0 radical (unpaired) electrons. The zero-order valence-corrected chi connectivity index (χ0v) is 12.7. The van der Waals surface area contributed by atoms with E-state index in [0.717, 1.165) is 18.5 Å². The van der Waals surface area contributed by atoms with Crippen LogP contribution in [0.2, 0.25) is 0 Å². The molecule has 0 amide bonds. The van der Waals surface area contributed by atoms with E-state index in [2.05, 4.69) is 48.4 Å². The lowest BCUT2D eigenvalue weighted by Crippen LogP contribution is -2.40. The molecule has 1 unspecified atom stereocenters. The SMILES string of the molecule is CCC(CNC(C)(C)C)n1nnc(-c2ccccc2)n1. The normalized spacial score (nSPS) is 13.4. The van der Waals surface area contributed by atoms with Crippen LogP contribution in [0.3, 0.4) is 0 Å². The molecule has 1 heterocycles. The fourth-order valence-corrected chi connectivity index (χ4v) is 1.90. The van der Waals surface area contributed by atoms with E-state index in [4.69, 9.17) is 0 Å². The highest BCUT2D eigenvalue weighted by molar-refractivity contribution is 5.52. The Morgan fingerprint density at radius 3 is 2.50 bits per heavy atom. The van der Waals surface area contributed by atoms with Gasteiger partial charge in [0.1, 0.15) is 0 Å². The van der Waals surface area contributed by atoms with Crippen molar-refractivity contribution in [1.29, 1.82) is 0 Å². The van der Waals surface area contributed by atoms with Crippen molar-refractivity contribution in [2.75, 3.05) is 6.54 Å². The van der Waals surface area contributed by atoms with Crippen LogP contribution in [-0.4, -0.2) is 32.3 Å². The van der Waals surface area contributed by atoms with Crippen molar-refractivity contribution >= 4 is 0 Å². The van der Waals surface area contributed by atoms with Crippen LogP contribution in [0.4, 0.5) is 0 Å². The molecule has 2 rings (SSSR count). The lowest BCUT2D eigenvalue weighted by molar-refractivity contribution is 0.320. The predicted octanol–water partition coefficient (Wildman–Crippen LogP) is 2.68. The first-order chi connectivity index (χ1) is 9.49. The van der Waals surface area contributed by atoms with E-state index in [-0.39, 0.29) is 11.6 Å². The second-order valence-corrected chi connectivity index (χ2v) is 5.99. The summed E-state index contributed by atoms with van der Waals surface area (Å²) < 4.78 is 0.